The van der Waals surface area contributed by atoms with Gasteiger partial charge in [0.05, 0.1) is 0 Å². The van der Waals surface area contributed by atoms with E-state index in [1.165, 1.54) is 12.1 Å². The number of hydrogen-bond donors (Lipinski definition) is 1. The molecular weight excluding hydrogens is 213 g/mol. The predicted molar refractivity (Wildman–Crippen MR) is 62.9 cm³/mol. The molecule has 15 heavy (non-hydrogen) atoms. The highest BCUT2D eigenvalue weighted by molar-refractivity contribution is 6.31. The molecule has 0 aliphatic heterocycles. The molecule has 1 aromatic carbocycles. The van der Waals surface area contributed by atoms with Gasteiger partial charge in [0.15, 0.2) is 0 Å². The van der Waals surface area contributed by atoms with Gasteiger partial charge in [-0.2, -0.15) is 0 Å². The quantitative estimate of drug-likeness (QED) is 0.763. The fraction of sp³-hybridized carbons (Fsp3) is 0.500. The first-order chi connectivity index (χ1) is 7.09. The molecule has 0 saturated heterocycles. The standard InChI is InChI=1S/C12H17ClFN/c1-9(2)15-7-3-4-10-8-11(14)5-6-12(10)13/h5-6,8-9,15H,3-4,7H2,1-2H3. The molecular formula is C12H17ClFN. The van der Waals surface area contributed by atoms with E-state index in [0.717, 1.165) is 24.9 Å². The van der Waals surface area contributed by atoms with Gasteiger partial charge in [0, 0.05) is 11.1 Å². The maximum absolute atomic E-state index is 12.9. The molecule has 0 aromatic heterocycles. The van der Waals surface area contributed by atoms with Crippen LogP contribution in [0.25, 0.3) is 0 Å². The van der Waals surface area contributed by atoms with Crippen LogP contribution in [0.15, 0.2) is 18.2 Å². The smallest absolute Gasteiger partial charge is 0.123 e. The molecule has 1 aromatic rings. The minimum Gasteiger partial charge on any atom is -0.315 e. The van der Waals surface area contributed by atoms with E-state index < -0.39 is 0 Å². The van der Waals surface area contributed by atoms with E-state index in [0.29, 0.717) is 11.1 Å². The number of aryl methyl sites for hydroxylation is 1. The van der Waals surface area contributed by atoms with E-state index in [1.807, 2.05) is 0 Å². The Bertz CT molecular complexity index is 312. The van der Waals surface area contributed by atoms with Crippen molar-refractivity contribution in [2.75, 3.05) is 6.54 Å². The third kappa shape index (κ3) is 4.63. The largest absolute Gasteiger partial charge is 0.315 e. The van der Waals surface area contributed by atoms with Crippen molar-refractivity contribution in [2.45, 2.75) is 32.7 Å². The van der Waals surface area contributed by atoms with E-state index in [4.69, 9.17) is 11.6 Å². The van der Waals surface area contributed by atoms with E-state index >= 15 is 0 Å². The zero-order chi connectivity index (χ0) is 11.3. The Balaban J connectivity index is 2.40. The summed E-state index contributed by atoms with van der Waals surface area (Å²) < 4.78 is 12.9. The molecule has 0 heterocycles. The van der Waals surface area contributed by atoms with Gasteiger partial charge in [0.2, 0.25) is 0 Å². The number of nitrogens with one attached hydrogen (secondary N) is 1. The second-order valence-electron chi connectivity index (χ2n) is 3.95. The van der Waals surface area contributed by atoms with Crippen LogP contribution in [0.3, 0.4) is 0 Å². The molecule has 0 fully saturated rings. The summed E-state index contributed by atoms with van der Waals surface area (Å²) in [7, 11) is 0. The molecule has 84 valence electrons. The van der Waals surface area contributed by atoms with Gasteiger partial charge in [-0.15, -0.1) is 0 Å². The molecule has 0 atom stereocenters. The van der Waals surface area contributed by atoms with Crippen LogP contribution in [0.1, 0.15) is 25.8 Å². The van der Waals surface area contributed by atoms with Crippen molar-refractivity contribution in [2.24, 2.45) is 0 Å². The van der Waals surface area contributed by atoms with Crippen LogP contribution >= 0.6 is 11.6 Å². The lowest BCUT2D eigenvalue weighted by Gasteiger charge is -2.08. The summed E-state index contributed by atoms with van der Waals surface area (Å²) in [5.41, 5.74) is 0.891. The minimum atomic E-state index is -0.216. The van der Waals surface area contributed by atoms with Crippen molar-refractivity contribution in [1.82, 2.24) is 5.32 Å². The number of hydrogen-bond acceptors (Lipinski definition) is 1. The highest BCUT2D eigenvalue weighted by Crippen LogP contribution is 2.18. The van der Waals surface area contributed by atoms with Gasteiger partial charge in [0.25, 0.3) is 0 Å². The van der Waals surface area contributed by atoms with Crippen LogP contribution in [0, 0.1) is 5.82 Å². The van der Waals surface area contributed by atoms with E-state index in [1.54, 1.807) is 6.07 Å². The zero-order valence-electron chi connectivity index (χ0n) is 9.19. The van der Waals surface area contributed by atoms with Gasteiger partial charge in [0.1, 0.15) is 5.82 Å². The molecule has 0 unspecified atom stereocenters. The minimum absolute atomic E-state index is 0.216. The fourth-order valence-corrected chi connectivity index (χ4v) is 1.62. The highest BCUT2D eigenvalue weighted by atomic mass is 35.5. The van der Waals surface area contributed by atoms with Crippen molar-refractivity contribution >= 4 is 11.6 Å². The van der Waals surface area contributed by atoms with Crippen LogP contribution in [-0.4, -0.2) is 12.6 Å². The topological polar surface area (TPSA) is 12.0 Å². The second-order valence-corrected chi connectivity index (χ2v) is 4.36. The Kier molecular flexibility index (Phi) is 5.06. The maximum Gasteiger partial charge on any atom is 0.123 e. The molecule has 1 N–H and O–H groups in total. The lowest BCUT2D eigenvalue weighted by Crippen LogP contribution is -2.23. The molecule has 0 amide bonds. The summed E-state index contributed by atoms with van der Waals surface area (Å²) in [6.45, 7) is 5.15. The molecule has 3 heteroatoms. The number of benzene rings is 1. The summed E-state index contributed by atoms with van der Waals surface area (Å²) in [5, 5.41) is 3.97. The van der Waals surface area contributed by atoms with Crippen LogP contribution in [0.2, 0.25) is 5.02 Å². The average molecular weight is 230 g/mol. The van der Waals surface area contributed by atoms with Gasteiger partial charge in [-0.25, -0.2) is 4.39 Å². The molecule has 0 bridgehead atoms. The maximum atomic E-state index is 12.9. The van der Waals surface area contributed by atoms with Gasteiger partial charge in [-0.1, -0.05) is 25.4 Å². The first-order valence-corrected chi connectivity index (χ1v) is 5.64. The summed E-state index contributed by atoms with van der Waals surface area (Å²) in [4.78, 5) is 0. The molecule has 0 radical (unpaired) electrons. The SMILES string of the molecule is CC(C)NCCCc1cc(F)ccc1Cl. The van der Waals surface area contributed by atoms with Crippen molar-refractivity contribution in [3.63, 3.8) is 0 Å². The lowest BCUT2D eigenvalue weighted by molar-refractivity contribution is 0.569. The molecule has 1 nitrogen and oxygen atoms in total. The van der Waals surface area contributed by atoms with E-state index in [-0.39, 0.29) is 5.82 Å². The number of halogens is 2. The van der Waals surface area contributed by atoms with Crippen molar-refractivity contribution in [3.8, 4) is 0 Å². The normalized spacial score (nSPS) is 11.0. The monoisotopic (exact) mass is 229 g/mol. The van der Waals surface area contributed by atoms with Gasteiger partial charge >= 0.3 is 0 Å². The summed E-state index contributed by atoms with van der Waals surface area (Å²) in [6, 6.07) is 5.01. The first-order valence-electron chi connectivity index (χ1n) is 5.27. The van der Waals surface area contributed by atoms with Gasteiger partial charge < -0.3 is 5.32 Å². The zero-order valence-corrected chi connectivity index (χ0v) is 9.94. The molecule has 1 rings (SSSR count). The predicted octanol–water partition coefficient (Wildman–Crippen LogP) is 3.41. The fourth-order valence-electron chi connectivity index (χ4n) is 1.40. The molecule has 0 spiro atoms. The molecule has 0 aliphatic carbocycles. The highest BCUT2D eigenvalue weighted by Gasteiger charge is 2.02. The van der Waals surface area contributed by atoms with Crippen molar-refractivity contribution < 1.29 is 4.39 Å². The van der Waals surface area contributed by atoms with Crippen molar-refractivity contribution in [3.05, 3.63) is 34.6 Å². The van der Waals surface area contributed by atoms with E-state index in [9.17, 15) is 4.39 Å². The lowest BCUT2D eigenvalue weighted by atomic mass is 10.1. The Hall–Kier alpha value is -0.600. The molecule has 0 saturated carbocycles. The first kappa shape index (κ1) is 12.5. The van der Waals surface area contributed by atoms with Gasteiger partial charge in [-0.3, -0.25) is 0 Å². The van der Waals surface area contributed by atoms with E-state index in [2.05, 4.69) is 19.2 Å². The molecule has 0 aliphatic rings. The van der Waals surface area contributed by atoms with Crippen LogP contribution < -0.4 is 5.32 Å². The second kappa shape index (κ2) is 6.09. The Morgan fingerprint density at radius 1 is 1.40 bits per heavy atom. The summed E-state index contributed by atoms with van der Waals surface area (Å²) in [5.74, 6) is -0.216. The third-order valence-electron chi connectivity index (χ3n) is 2.18. The van der Waals surface area contributed by atoms with Gasteiger partial charge in [-0.05, 0) is 43.1 Å². The Labute approximate surface area is 95.6 Å². The van der Waals surface area contributed by atoms with Crippen molar-refractivity contribution in [1.29, 1.82) is 0 Å². The third-order valence-corrected chi connectivity index (χ3v) is 2.55. The Morgan fingerprint density at radius 3 is 2.80 bits per heavy atom. The Morgan fingerprint density at radius 2 is 2.13 bits per heavy atom. The van der Waals surface area contributed by atoms with Crippen LogP contribution in [0.5, 0.6) is 0 Å². The van der Waals surface area contributed by atoms with Crippen LogP contribution in [0.4, 0.5) is 4.39 Å². The average Bonchev–Trinajstić information content (AvgIpc) is 2.17. The van der Waals surface area contributed by atoms with Crippen LogP contribution in [-0.2, 0) is 6.42 Å². The number of rotatable bonds is 5. The summed E-state index contributed by atoms with van der Waals surface area (Å²) in [6.07, 6.45) is 1.79. The summed E-state index contributed by atoms with van der Waals surface area (Å²) >= 11 is 5.95.